The van der Waals surface area contributed by atoms with Crippen molar-refractivity contribution in [3.63, 3.8) is 0 Å². The molecule has 72 valence electrons. The summed E-state index contributed by atoms with van der Waals surface area (Å²) in [5.41, 5.74) is 5.47. The Bertz CT molecular complexity index is 488. The molecule has 2 rings (SSSR count). The van der Waals surface area contributed by atoms with Crippen LogP contribution in [-0.2, 0) is 6.54 Å². The molecule has 14 heavy (non-hydrogen) atoms. The molecule has 0 saturated carbocycles. The average molecular weight is 192 g/mol. The summed E-state index contributed by atoms with van der Waals surface area (Å²) in [4.78, 5) is 14.1. The monoisotopic (exact) mass is 192 g/mol. The molecule has 6 nitrogen and oxygen atoms in total. The van der Waals surface area contributed by atoms with Crippen LogP contribution >= 0.6 is 0 Å². The van der Waals surface area contributed by atoms with E-state index in [1.54, 1.807) is 0 Å². The first-order valence-corrected chi connectivity index (χ1v) is 4.01. The first kappa shape index (κ1) is 8.64. The van der Waals surface area contributed by atoms with Gasteiger partial charge in [0.2, 0.25) is 5.89 Å². The molecular formula is C8H8N4O2. The highest BCUT2D eigenvalue weighted by Crippen LogP contribution is 2.11. The summed E-state index contributed by atoms with van der Waals surface area (Å²) in [6.45, 7) is 0.164. The van der Waals surface area contributed by atoms with Crippen molar-refractivity contribution in [1.82, 2.24) is 15.2 Å². The molecule has 0 aliphatic rings. The molecular weight excluding hydrogens is 184 g/mol. The predicted molar refractivity (Wildman–Crippen MR) is 48.2 cm³/mol. The molecule has 0 saturated heterocycles. The SMILES string of the molecule is NCc1nnc(-c2c[nH]ccc2=O)o1. The topological polar surface area (TPSA) is 97.8 Å². The number of H-pyrrole nitrogens is 1. The van der Waals surface area contributed by atoms with Crippen molar-refractivity contribution in [3.8, 4) is 11.5 Å². The molecule has 2 aromatic rings. The van der Waals surface area contributed by atoms with E-state index in [1.807, 2.05) is 0 Å². The molecule has 3 N–H and O–H groups in total. The maximum atomic E-state index is 11.3. The van der Waals surface area contributed by atoms with Crippen molar-refractivity contribution in [1.29, 1.82) is 0 Å². The maximum absolute atomic E-state index is 11.3. The van der Waals surface area contributed by atoms with Gasteiger partial charge in [-0.15, -0.1) is 10.2 Å². The van der Waals surface area contributed by atoms with Gasteiger partial charge in [-0.05, 0) is 0 Å². The first-order valence-electron chi connectivity index (χ1n) is 4.01. The van der Waals surface area contributed by atoms with Crippen LogP contribution < -0.4 is 11.2 Å². The number of hydrogen-bond acceptors (Lipinski definition) is 5. The van der Waals surface area contributed by atoms with Crippen LogP contribution in [0, 0.1) is 0 Å². The molecule has 0 aromatic carbocycles. The van der Waals surface area contributed by atoms with Crippen LogP contribution in [-0.4, -0.2) is 15.2 Å². The fourth-order valence-corrected chi connectivity index (χ4v) is 1.03. The smallest absolute Gasteiger partial charge is 0.253 e. The standard InChI is InChI=1S/C8H8N4O2/c9-3-7-11-12-8(14-7)5-4-10-2-1-6(5)13/h1-2,4H,3,9H2,(H,10,13). The van der Waals surface area contributed by atoms with Crippen molar-refractivity contribution in [2.75, 3.05) is 0 Å². The Hall–Kier alpha value is -1.95. The minimum atomic E-state index is -0.170. The summed E-state index contributed by atoms with van der Waals surface area (Å²) in [7, 11) is 0. The minimum Gasteiger partial charge on any atom is -0.419 e. The number of aromatic amines is 1. The lowest BCUT2D eigenvalue weighted by molar-refractivity contribution is 0.508. The third kappa shape index (κ3) is 1.42. The van der Waals surface area contributed by atoms with Gasteiger partial charge in [0.05, 0.1) is 6.54 Å². The second-order valence-corrected chi connectivity index (χ2v) is 2.63. The number of nitrogens with zero attached hydrogens (tertiary/aromatic N) is 2. The van der Waals surface area contributed by atoms with Crippen LogP contribution in [0.5, 0.6) is 0 Å². The zero-order valence-electron chi connectivity index (χ0n) is 7.23. The van der Waals surface area contributed by atoms with Gasteiger partial charge in [-0.1, -0.05) is 0 Å². The molecule has 0 fully saturated rings. The maximum Gasteiger partial charge on any atom is 0.253 e. The highest BCUT2D eigenvalue weighted by molar-refractivity contribution is 5.49. The third-order valence-electron chi connectivity index (χ3n) is 1.70. The molecule has 0 spiro atoms. The van der Waals surface area contributed by atoms with E-state index in [4.69, 9.17) is 10.2 Å². The van der Waals surface area contributed by atoms with Crippen LogP contribution in [0.25, 0.3) is 11.5 Å². The van der Waals surface area contributed by atoms with E-state index in [9.17, 15) is 4.79 Å². The zero-order valence-corrected chi connectivity index (χ0v) is 7.23. The number of aromatic nitrogens is 3. The zero-order chi connectivity index (χ0) is 9.97. The lowest BCUT2D eigenvalue weighted by Gasteiger charge is -1.90. The van der Waals surface area contributed by atoms with E-state index in [1.165, 1.54) is 18.5 Å². The second kappa shape index (κ2) is 3.43. The van der Waals surface area contributed by atoms with Gasteiger partial charge >= 0.3 is 0 Å². The molecule has 0 radical (unpaired) electrons. The van der Waals surface area contributed by atoms with E-state index in [0.29, 0.717) is 11.5 Å². The summed E-state index contributed by atoms with van der Waals surface area (Å²) in [5.74, 6) is 0.496. The Morgan fingerprint density at radius 1 is 1.50 bits per heavy atom. The molecule has 0 bridgehead atoms. The molecule has 0 atom stereocenters. The normalized spacial score (nSPS) is 10.4. The number of rotatable bonds is 2. The largest absolute Gasteiger partial charge is 0.419 e. The molecule has 6 heteroatoms. The molecule has 0 aliphatic heterocycles. The van der Waals surface area contributed by atoms with E-state index < -0.39 is 0 Å². The third-order valence-corrected chi connectivity index (χ3v) is 1.70. The molecule has 0 aliphatic carbocycles. The Morgan fingerprint density at radius 2 is 2.36 bits per heavy atom. The van der Waals surface area contributed by atoms with Gasteiger partial charge < -0.3 is 15.1 Å². The summed E-state index contributed by atoms with van der Waals surface area (Å²) >= 11 is 0. The van der Waals surface area contributed by atoms with Gasteiger partial charge in [0.25, 0.3) is 5.89 Å². The van der Waals surface area contributed by atoms with Crippen LogP contribution in [0.1, 0.15) is 5.89 Å². The van der Waals surface area contributed by atoms with Gasteiger partial charge in [0.15, 0.2) is 5.43 Å². The number of hydrogen-bond donors (Lipinski definition) is 2. The highest BCUT2D eigenvalue weighted by atomic mass is 16.4. The van der Waals surface area contributed by atoms with Gasteiger partial charge in [0, 0.05) is 18.5 Å². The van der Waals surface area contributed by atoms with Gasteiger partial charge in [-0.3, -0.25) is 4.79 Å². The number of nitrogens with one attached hydrogen (secondary N) is 1. The lowest BCUT2D eigenvalue weighted by Crippen LogP contribution is -2.02. The van der Waals surface area contributed by atoms with Gasteiger partial charge in [-0.25, -0.2) is 0 Å². The molecule has 2 aromatic heterocycles. The van der Waals surface area contributed by atoms with Crippen molar-refractivity contribution >= 4 is 0 Å². The Labute approximate surface area is 78.8 Å². The number of pyridine rings is 1. The summed E-state index contributed by atoms with van der Waals surface area (Å²) in [6, 6.07) is 1.39. The first-order chi connectivity index (χ1) is 6.81. The fraction of sp³-hybridized carbons (Fsp3) is 0.125. The minimum absolute atomic E-state index is 0.164. The van der Waals surface area contributed by atoms with Gasteiger partial charge in [0.1, 0.15) is 5.56 Å². The van der Waals surface area contributed by atoms with Crippen molar-refractivity contribution in [2.45, 2.75) is 6.54 Å². The quantitative estimate of drug-likeness (QED) is 0.691. The van der Waals surface area contributed by atoms with E-state index in [2.05, 4.69) is 15.2 Å². The van der Waals surface area contributed by atoms with Crippen LogP contribution in [0.2, 0.25) is 0 Å². The highest BCUT2D eigenvalue weighted by Gasteiger charge is 2.09. The van der Waals surface area contributed by atoms with Crippen molar-refractivity contribution in [3.05, 3.63) is 34.6 Å². The summed E-state index contributed by atoms with van der Waals surface area (Å²) in [5, 5.41) is 7.36. The Balaban J connectivity index is 2.50. The number of nitrogens with two attached hydrogens (primary N) is 1. The second-order valence-electron chi connectivity index (χ2n) is 2.63. The van der Waals surface area contributed by atoms with Crippen molar-refractivity contribution in [2.24, 2.45) is 5.73 Å². The van der Waals surface area contributed by atoms with Crippen LogP contribution in [0.4, 0.5) is 0 Å². The van der Waals surface area contributed by atoms with Crippen LogP contribution in [0.3, 0.4) is 0 Å². The Kier molecular flexibility index (Phi) is 2.11. The average Bonchev–Trinajstić information content (AvgIpc) is 2.67. The molecule has 0 unspecified atom stereocenters. The molecule has 0 amide bonds. The van der Waals surface area contributed by atoms with E-state index >= 15 is 0 Å². The summed E-state index contributed by atoms with van der Waals surface area (Å²) in [6.07, 6.45) is 3.04. The fourth-order valence-electron chi connectivity index (χ4n) is 1.03. The summed E-state index contributed by atoms with van der Waals surface area (Å²) < 4.78 is 5.13. The lowest BCUT2D eigenvalue weighted by atomic mass is 10.3. The van der Waals surface area contributed by atoms with E-state index in [0.717, 1.165) is 0 Å². The van der Waals surface area contributed by atoms with Gasteiger partial charge in [-0.2, -0.15) is 0 Å². The van der Waals surface area contributed by atoms with Crippen molar-refractivity contribution < 1.29 is 4.42 Å². The predicted octanol–water partition coefficient (Wildman–Crippen LogP) is -0.116. The van der Waals surface area contributed by atoms with Crippen LogP contribution in [0.15, 0.2) is 27.7 Å². The molecule has 2 heterocycles. The van der Waals surface area contributed by atoms with E-state index in [-0.39, 0.29) is 17.9 Å². The Morgan fingerprint density at radius 3 is 3.00 bits per heavy atom.